The zero-order chi connectivity index (χ0) is 14.2. The molecule has 0 spiro atoms. The molecule has 0 fully saturated rings. The van der Waals surface area contributed by atoms with E-state index in [4.69, 9.17) is 11.6 Å². The van der Waals surface area contributed by atoms with Gasteiger partial charge in [0, 0.05) is 39.4 Å². The number of H-pyrrole nitrogens is 1. The Balaban J connectivity index is 1.79. The van der Waals surface area contributed by atoms with E-state index in [1.807, 2.05) is 59.7 Å². The lowest BCUT2D eigenvalue weighted by atomic mass is 10.1. The molecule has 0 saturated carbocycles. The molecule has 3 nitrogen and oxygen atoms in total. The van der Waals surface area contributed by atoms with Crippen molar-refractivity contribution in [2.75, 3.05) is 0 Å². The highest BCUT2D eigenvalue weighted by Crippen LogP contribution is 2.28. The topological polar surface area (TPSA) is 33.6 Å². The molecule has 0 atom stereocenters. The zero-order valence-corrected chi connectivity index (χ0v) is 11.9. The van der Waals surface area contributed by atoms with Crippen molar-refractivity contribution < 1.29 is 0 Å². The monoisotopic (exact) mass is 293 g/mol. The number of para-hydroxylation sites is 1. The van der Waals surface area contributed by atoms with E-state index in [1.54, 1.807) is 0 Å². The minimum atomic E-state index is 0.725. The fourth-order valence-electron chi connectivity index (χ4n) is 2.51. The van der Waals surface area contributed by atoms with Crippen LogP contribution in [0.4, 0.5) is 0 Å². The lowest BCUT2D eigenvalue weighted by Crippen LogP contribution is -1.92. The van der Waals surface area contributed by atoms with Crippen LogP contribution >= 0.6 is 11.6 Å². The number of halogens is 1. The maximum atomic E-state index is 5.92. The normalized spacial score (nSPS) is 11.1. The molecule has 0 aliphatic rings. The largest absolute Gasteiger partial charge is 0.361 e. The summed E-state index contributed by atoms with van der Waals surface area (Å²) < 4.78 is 1.85. The van der Waals surface area contributed by atoms with Gasteiger partial charge in [0.1, 0.15) is 0 Å². The second-order valence-corrected chi connectivity index (χ2v) is 5.33. The van der Waals surface area contributed by atoms with Crippen LogP contribution in [0.3, 0.4) is 0 Å². The first-order valence-corrected chi connectivity index (χ1v) is 7.06. The molecule has 0 radical (unpaired) electrons. The first-order valence-electron chi connectivity index (χ1n) is 6.68. The van der Waals surface area contributed by atoms with Gasteiger partial charge in [-0.2, -0.15) is 5.10 Å². The summed E-state index contributed by atoms with van der Waals surface area (Å²) >= 11 is 5.92. The van der Waals surface area contributed by atoms with Gasteiger partial charge in [0.25, 0.3) is 0 Å². The Bertz CT molecular complexity index is 903. The molecule has 1 N–H and O–H groups in total. The fourth-order valence-corrected chi connectivity index (χ4v) is 2.63. The van der Waals surface area contributed by atoms with E-state index < -0.39 is 0 Å². The second-order valence-electron chi connectivity index (χ2n) is 4.90. The molecule has 2 aromatic heterocycles. The van der Waals surface area contributed by atoms with Crippen LogP contribution in [0.1, 0.15) is 0 Å². The number of aromatic nitrogens is 3. The van der Waals surface area contributed by atoms with Crippen LogP contribution in [-0.4, -0.2) is 14.8 Å². The van der Waals surface area contributed by atoms with E-state index in [0.717, 1.165) is 27.4 Å². The van der Waals surface area contributed by atoms with Crippen molar-refractivity contribution in [1.82, 2.24) is 14.8 Å². The number of hydrogen-bond acceptors (Lipinski definition) is 1. The van der Waals surface area contributed by atoms with Crippen molar-refractivity contribution in [3.8, 4) is 16.8 Å². The number of rotatable bonds is 2. The number of fused-ring (bicyclic) bond motifs is 1. The number of aromatic amines is 1. The summed E-state index contributed by atoms with van der Waals surface area (Å²) in [6.07, 6.45) is 5.93. The zero-order valence-electron chi connectivity index (χ0n) is 11.1. The highest BCUT2D eigenvalue weighted by atomic mass is 35.5. The lowest BCUT2D eigenvalue weighted by Gasteiger charge is -2.00. The maximum absolute atomic E-state index is 5.92. The highest BCUT2D eigenvalue weighted by Gasteiger charge is 2.08. The van der Waals surface area contributed by atoms with E-state index in [2.05, 4.69) is 22.2 Å². The molecular formula is C17H12ClN3. The van der Waals surface area contributed by atoms with Crippen LogP contribution in [0.2, 0.25) is 5.02 Å². The summed E-state index contributed by atoms with van der Waals surface area (Å²) in [5.74, 6) is 0. The Morgan fingerprint density at radius 2 is 1.81 bits per heavy atom. The van der Waals surface area contributed by atoms with Crippen LogP contribution in [0.5, 0.6) is 0 Å². The number of hydrogen-bond donors (Lipinski definition) is 1. The third kappa shape index (κ3) is 2.12. The molecule has 4 heteroatoms. The van der Waals surface area contributed by atoms with Gasteiger partial charge < -0.3 is 4.98 Å². The van der Waals surface area contributed by atoms with Crippen molar-refractivity contribution >= 4 is 22.5 Å². The molecule has 4 aromatic rings. The number of nitrogens with zero attached hydrogens (tertiary/aromatic N) is 2. The van der Waals surface area contributed by atoms with Gasteiger partial charge in [0.05, 0.1) is 11.9 Å². The lowest BCUT2D eigenvalue weighted by molar-refractivity contribution is 0.881. The van der Waals surface area contributed by atoms with Crippen LogP contribution < -0.4 is 0 Å². The summed E-state index contributed by atoms with van der Waals surface area (Å²) in [4.78, 5) is 3.29. The molecule has 2 heterocycles. The number of benzene rings is 2. The molecule has 2 aromatic carbocycles. The van der Waals surface area contributed by atoms with Crippen molar-refractivity contribution in [3.63, 3.8) is 0 Å². The summed E-state index contributed by atoms with van der Waals surface area (Å²) in [7, 11) is 0. The predicted molar refractivity (Wildman–Crippen MR) is 85.9 cm³/mol. The molecular weight excluding hydrogens is 282 g/mol. The maximum Gasteiger partial charge on any atom is 0.0646 e. The smallest absolute Gasteiger partial charge is 0.0646 e. The van der Waals surface area contributed by atoms with Crippen molar-refractivity contribution in [1.29, 1.82) is 0 Å². The molecule has 0 aliphatic heterocycles. The Morgan fingerprint density at radius 1 is 1.00 bits per heavy atom. The summed E-state index contributed by atoms with van der Waals surface area (Å²) in [5.41, 5.74) is 4.37. The van der Waals surface area contributed by atoms with Crippen LogP contribution in [-0.2, 0) is 0 Å². The van der Waals surface area contributed by atoms with Gasteiger partial charge in [-0.15, -0.1) is 0 Å². The molecule has 0 aliphatic carbocycles. The third-order valence-corrected chi connectivity index (χ3v) is 3.83. The van der Waals surface area contributed by atoms with Crippen LogP contribution in [0, 0.1) is 0 Å². The Hall–Kier alpha value is -2.52. The van der Waals surface area contributed by atoms with Crippen molar-refractivity contribution in [3.05, 3.63) is 72.1 Å². The van der Waals surface area contributed by atoms with Crippen molar-refractivity contribution in [2.24, 2.45) is 0 Å². The molecule has 0 unspecified atom stereocenters. The predicted octanol–water partition coefficient (Wildman–Crippen LogP) is 4.67. The Kier molecular flexibility index (Phi) is 2.79. The summed E-state index contributed by atoms with van der Waals surface area (Å²) in [5, 5.41) is 6.37. The third-order valence-electron chi connectivity index (χ3n) is 3.57. The van der Waals surface area contributed by atoms with Gasteiger partial charge in [0.15, 0.2) is 0 Å². The van der Waals surface area contributed by atoms with Gasteiger partial charge in [0.2, 0.25) is 0 Å². The highest BCUT2D eigenvalue weighted by molar-refractivity contribution is 6.30. The van der Waals surface area contributed by atoms with E-state index in [9.17, 15) is 0 Å². The first kappa shape index (κ1) is 12.2. The van der Waals surface area contributed by atoms with E-state index in [-0.39, 0.29) is 0 Å². The van der Waals surface area contributed by atoms with Crippen LogP contribution in [0.25, 0.3) is 27.7 Å². The Labute approximate surface area is 126 Å². The quantitative estimate of drug-likeness (QED) is 0.572. The molecule has 0 saturated heterocycles. The standard InChI is InChI=1S/C17H12ClN3/c18-13-5-7-14(8-6-13)21-11-12(9-20-21)16-10-19-17-4-2-1-3-15(16)17/h1-11,19H. The fraction of sp³-hybridized carbons (Fsp3) is 0. The SMILES string of the molecule is Clc1ccc(-n2cc(-c3c[nH]c4ccccc34)cn2)cc1. The molecule has 0 amide bonds. The van der Waals surface area contributed by atoms with Gasteiger partial charge in [-0.1, -0.05) is 29.8 Å². The molecule has 21 heavy (non-hydrogen) atoms. The summed E-state index contributed by atoms with van der Waals surface area (Å²) in [6.45, 7) is 0. The van der Waals surface area contributed by atoms with Crippen LogP contribution in [0.15, 0.2) is 67.1 Å². The summed E-state index contributed by atoms with van der Waals surface area (Å²) in [6, 6.07) is 15.9. The van der Waals surface area contributed by atoms with E-state index in [1.165, 1.54) is 5.39 Å². The first-order chi connectivity index (χ1) is 10.3. The Morgan fingerprint density at radius 3 is 2.67 bits per heavy atom. The second kappa shape index (κ2) is 4.79. The average Bonchev–Trinajstić information content (AvgIpc) is 3.14. The molecule has 4 rings (SSSR count). The van der Waals surface area contributed by atoms with Gasteiger partial charge in [-0.3, -0.25) is 0 Å². The van der Waals surface area contributed by atoms with Gasteiger partial charge in [-0.25, -0.2) is 4.68 Å². The number of nitrogens with one attached hydrogen (secondary N) is 1. The molecule has 102 valence electrons. The van der Waals surface area contributed by atoms with Gasteiger partial charge >= 0.3 is 0 Å². The van der Waals surface area contributed by atoms with E-state index in [0.29, 0.717) is 0 Å². The van der Waals surface area contributed by atoms with Gasteiger partial charge in [-0.05, 0) is 30.3 Å². The van der Waals surface area contributed by atoms with Crippen molar-refractivity contribution in [2.45, 2.75) is 0 Å². The minimum absolute atomic E-state index is 0.725. The average molecular weight is 294 g/mol. The minimum Gasteiger partial charge on any atom is -0.361 e. The van der Waals surface area contributed by atoms with E-state index >= 15 is 0 Å². The molecule has 0 bridgehead atoms.